The van der Waals surface area contributed by atoms with Crippen LogP contribution in [0.25, 0.3) is 0 Å². The van der Waals surface area contributed by atoms with Gasteiger partial charge in [0.1, 0.15) is 0 Å². The molecule has 1 unspecified atom stereocenters. The molecule has 0 bridgehead atoms. The summed E-state index contributed by atoms with van der Waals surface area (Å²) in [6, 6.07) is 0. The minimum atomic E-state index is -0.0600. The van der Waals surface area contributed by atoms with Crippen molar-refractivity contribution < 1.29 is 5.11 Å². The summed E-state index contributed by atoms with van der Waals surface area (Å²) in [5.41, 5.74) is 3.15. The Morgan fingerprint density at radius 3 is 3.00 bits per heavy atom. The fourth-order valence-corrected chi connectivity index (χ4v) is 2.26. The predicted molar refractivity (Wildman–Crippen MR) is 49.0 cm³/mol. The van der Waals surface area contributed by atoms with E-state index in [9.17, 15) is 5.11 Å². The molecule has 0 aromatic heterocycles. The first-order chi connectivity index (χ1) is 5.75. The van der Waals surface area contributed by atoms with E-state index in [4.69, 9.17) is 0 Å². The van der Waals surface area contributed by atoms with Gasteiger partial charge >= 0.3 is 0 Å². The van der Waals surface area contributed by atoms with E-state index >= 15 is 0 Å². The highest BCUT2D eigenvalue weighted by molar-refractivity contribution is 5.22. The Labute approximate surface area is 73.9 Å². The highest BCUT2D eigenvalue weighted by Gasteiger charge is 2.22. The highest BCUT2D eigenvalue weighted by atomic mass is 16.3. The van der Waals surface area contributed by atoms with Crippen molar-refractivity contribution in [3.63, 3.8) is 0 Å². The monoisotopic (exact) mass is 167 g/mol. The third kappa shape index (κ3) is 1.54. The van der Waals surface area contributed by atoms with E-state index in [1.807, 2.05) is 0 Å². The summed E-state index contributed by atoms with van der Waals surface area (Å²) >= 11 is 0. The van der Waals surface area contributed by atoms with Crippen LogP contribution < -0.4 is 0 Å². The van der Waals surface area contributed by atoms with Gasteiger partial charge in [-0.1, -0.05) is 11.1 Å². The van der Waals surface area contributed by atoms with Gasteiger partial charge in [-0.2, -0.15) is 0 Å². The molecule has 2 aliphatic rings. The molecule has 1 aliphatic carbocycles. The quantitative estimate of drug-likeness (QED) is 0.547. The first-order valence-electron chi connectivity index (χ1n) is 4.82. The van der Waals surface area contributed by atoms with Crippen molar-refractivity contribution in [1.29, 1.82) is 0 Å². The largest absolute Gasteiger partial charge is 0.393 e. The van der Waals surface area contributed by atoms with Crippen molar-refractivity contribution in [3.8, 4) is 0 Å². The average Bonchev–Trinajstić information content (AvgIpc) is 2.03. The van der Waals surface area contributed by atoms with Gasteiger partial charge in [-0.25, -0.2) is 0 Å². The van der Waals surface area contributed by atoms with Gasteiger partial charge in [-0.05, 0) is 32.7 Å². The average molecular weight is 167 g/mol. The fourth-order valence-electron chi connectivity index (χ4n) is 2.26. The van der Waals surface area contributed by atoms with E-state index in [-0.39, 0.29) is 6.10 Å². The van der Waals surface area contributed by atoms with Gasteiger partial charge in [-0.15, -0.1) is 0 Å². The second kappa shape index (κ2) is 3.19. The van der Waals surface area contributed by atoms with Crippen LogP contribution in [0.5, 0.6) is 0 Å². The number of hydrogen-bond donors (Lipinski definition) is 1. The minimum Gasteiger partial charge on any atom is -0.393 e. The van der Waals surface area contributed by atoms with E-state index in [0.29, 0.717) is 0 Å². The first kappa shape index (κ1) is 8.27. The van der Waals surface area contributed by atoms with Crippen molar-refractivity contribution in [1.82, 2.24) is 4.90 Å². The van der Waals surface area contributed by atoms with Crippen LogP contribution in [0.4, 0.5) is 0 Å². The van der Waals surface area contributed by atoms with E-state index in [1.165, 1.54) is 18.5 Å². The van der Waals surface area contributed by atoms with Crippen LogP contribution in [0.2, 0.25) is 0 Å². The Hall–Kier alpha value is -0.340. The Bertz CT molecular complexity index is 190. The van der Waals surface area contributed by atoms with Crippen molar-refractivity contribution >= 4 is 0 Å². The van der Waals surface area contributed by atoms with Gasteiger partial charge in [0.05, 0.1) is 6.10 Å². The third-order valence-electron chi connectivity index (χ3n) is 3.02. The van der Waals surface area contributed by atoms with E-state index < -0.39 is 0 Å². The van der Waals surface area contributed by atoms with Crippen molar-refractivity contribution in [2.75, 3.05) is 20.1 Å². The van der Waals surface area contributed by atoms with Gasteiger partial charge in [0, 0.05) is 13.1 Å². The molecule has 1 atom stereocenters. The summed E-state index contributed by atoms with van der Waals surface area (Å²) in [4.78, 5) is 2.34. The van der Waals surface area contributed by atoms with Crippen LogP contribution >= 0.6 is 0 Å². The summed E-state index contributed by atoms with van der Waals surface area (Å²) in [5, 5.41) is 9.48. The molecule has 2 heteroatoms. The molecule has 2 rings (SSSR count). The maximum Gasteiger partial charge on any atom is 0.0581 e. The lowest BCUT2D eigenvalue weighted by Gasteiger charge is -2.32. The third-order valence-corrected chi connectivity index (χ3v) is 3.02. The van der Waals surface area contributed by atoms with Gasteiger partial charge in [0.25, 0.3) is 0 Å². The normalized spacial score (nSPS) is 32.0. The van der Waals surface area contributed by atoms with Crippen LogP contribution in [0.15, 0.2) is 11.1 Å². The Morgan fingerprint density at radius 2 is 2.17 bits per heavy atom. The maximum atomic E-state index is 9.48. The summed E-state index contributed by atoms with van der Waals surface area (Å²) in [5.74, 6) is 0. The summed E-state index contributed by atoms with van der Waals surface area (Å²) < 4.78 is 0. The number of aliphatic hydroxyl groups excluding tert-OH is 1. The lowest BCUT2D eigenvalue weighted by atomic mass is 9.86. The van der Waals surface area contributed by atoms with Crippen molar-refractivity contribution in [2.24, 2.45) is 0 Å². The molecule has 2 nitrogen and oxygen atoms in total. The van der Waals surface area contributed by atoms with E-state index in [2.05, 4.69) is 11.9 Å². The Morgan fingerprint density at radius 1 is 1.33 bits per heavy atom. The van der Waals surface area contributed by atoms with Crippen LogP contribution in [-0.4, -0.2) is 36.2 Å². The Kier molecular flexibility index (Phi) is 2.20. The molecule has 0 radical (unpaired) electrons. The first-order valence-corrected chi connectivity index (χ1v) is 4.82. The number of hydrogen-bond acceptors (Lipinski definition) is 2. The van der Waals surface area contributed by atoms with Crippen LogP contribution in [0.3, 0.4) is 0 Å². The zero-order valence-corrected chi connectivity index (χ0v) is 7.71. The summed E-state index contributed by atoms with van der Waals surface area (Å²) in [6.07, 6.45) is 4.24. The summed E-state index contributed by atoms with van der Waals surface area (Å²) in [7, 11) is 2.16. The molecule has 12 heavy (non-hydrogen) atoms. The zero-order chi connectivity index (χ0) is 8.55. The molecule has 1 heterocycles. The predicted octanol–water partition coefficient (Wildman–Crippen LogP) is 1.16. The fraction of sp³-hybridized carbons (Fsp3) is 0.800. The lowest BCUT2D eigenvalue weighted by molar-refractivity contribution is 0.150. The van der Waals surface area contributed by atoms with Gasteiger partial charge in [-0.3, -0.25) is 0 Å². The second-order valence-corrected chi connectivity index (χ2v) is 4.09. The van der Waals surface area contributed by atoms with E-state index in [1.54, 1.807) is 5.57 Å². The molecule has 0 amide bonds. The molecule has 68 valence electrons. The molecule has 0 saturated heterocycles. The molecule has 1 aliphatic heterocycles. The molecular formula is C10H17NO. The minimum absolute atomic E-state index is 0.0600. The van der Waals surface area contributed by atoms with Crippen LogP contribution in [0, 0.1) is 0 Å². The van der Waals surface area contributed by atoms with Crippen molar-refractivity contribution in [2.45, 2.75) is 31.8 Å². The number of aliphatic hydroxyl groups is 1. The second-order valence-electron chi connectivity index (χ2n) is 4.09. The van der Waals surface area contributed by atoms with Crippen LogP contribution in [0.1, 0.15) is 25.7 Å². The molecule has 1 N–H and O–H groups in total. The zero-order valence-electron chi connectivity index (χ0n) is 7.71. The number of likely N-dealkylation sites (N-methyl/N-ethyl adjacent to an activating group) is 1. The molecule has 0 fully saturated rings. The number of rotatable bonds is 0. The molecule has 0 aromatic carbocycles. The van der Waals surface area contributed by atoms with Gasteiger partial charge < -0.3 is 10.0 Å². The Balaban J connectivity index is 2.11. The topological polar surface area (TPSA) is 23.5 Å². The standard InChI is InChI=1S/C10H17NO/c1-11-5-4-8-2-3-10(12)6-9(8)7-11/h10,12H,2-7H2,1H3. The molecule has 0 saturated carbocycles. The molecular weight excluding hydrogens is 150 g/mol. The maximum absolute atomic E-state index is 9.48. The van der Waals surface area contributed by atoms with E-state index in [0.717, 1.165) is 25.8 Å². The number of nitrogens with zero attached hydrogens (tertiary/aromatic N) is 1. The van der Waals surface area contributed by atoms with Crippen molar-refractivity contribution in [3.05, 3.63) is 11.1 Å². The highest BCUT2D eigenvalue weighted by Crippen LogP contribution is 2.30. The smallest absolute Gasteiger partial charge is 0.0581 e. The molecule has 0 spiro atoms. The summed E-state index contributed by atoms with van der Waals surface area (Å²) in [6.45, 7) is 2.29. The van der Waals surface area contributed by atoms with Gasteiger partial charge in [0.15, 0.2) is 0 Å². The van der Waals surface area contributed by atoms with Crippen LogP contribution in [-0.2, 0) is 0 Å². The molecule has 0 aromatic rings. The van der Waals surface area contributed by atoms with Gasteiger partial charge in [0.2, 0.25) is 0 Å². The lowest BCUT2D eigenvalue weighted by Crippen LogP contribution is -2.31. The SMILES string of the molecule is CN1CCC2=C(CC(O)CC2)C1.